The number of nitrogens with two attached hydrogens (primary N) is 1. The third-order valence-corrected chi connectivity index (χ3v) is 8.07. The predicted octanol–water partition coefficient (Wildman–Crippen LogP) is 5.78. The van der Waals surface area contributed by atoms with E-state index in [0.29, 0.717) is 9.13 Å². The number of carbonyl (C=O) groups excluding carboxylic acids is 2. The summed E-state index contributed by atoms with van der Waals surface area (Å²) in [7, 11) is -1.37. The Bertz CT molecular complexity index is 1520. The van der Waals surface area contributed by atoms with Gasteiger partial charge >= 0.3 is 12.4 Å². The topological polar surface area (TPSA) is 98.3 Å². The van der Waals surface area contributed by atoms with Crippen molar-refractivity contribution in [1.82, 2.24) is 9.78 Å². The SMILES string of the molecule is Cc1cc(Cn2nc(C(F)(F)F)cc2C(F)(F)F)ccc1N(C(=O)c1c(I)cccc1C(N)=O)C(C)(C)CS(C)=O. The third-order valence-electron chi connectivity index (χ3n) is 6.05. The fourth-order valence-electron chi connectivity index (χ4n) is 4.47. The molecule has 0 fully saturated rings. The van der Waals surface area contributed by atoms with Gasteiger partial charge in [0.05, 0.1) is 23.2 Å². The Morgan fingerprint density at radius 1 is 1.05 bits per heavy atom. The van der Waals surface area contributed by atoms with E-state index in [9.17, 15) is 40.1 Å². The number of halogens is 7. The summed E-state index contributed by atoms with van der Waals surface area (Å²) in [5.41, 5.74) is 2.04. The average molecular weight is 714 g/mol. The minimum atomic E-state index is -5.08. The van der Waals surface area contributed by atoms with Crippen molar-refractivity contribution in [3.63, 3.8) is 0 Å². The maximum atomic E-state index is 14.1. The number of nitrogens with zero attached hydrogens (tertiary/aromatic N) is 3. The number of anilines is 1. The number of hydrogen-bond donors (Lipinski definition) is 1. The molecule has 0 radical (unpaired) electrons. The van der Waals surface area contributed by atoms with Crippen molar-refractivity contribution in [1.29, 1.82) is 0 Å². The summed E-state index contributed by atoms with van der Waals surface area (Å²) in [6.07, 6.45) is -8.70. The Morgan fingerprint density at radius 2 is 1.68 bits per heavy atom. The second-order valence-electron chi connectivity index (χ2n) is 9.89. The van der Waals surface area contributed by atoms with Crippen LogP contribution in [0.1, 0.15) is 57.1 Å². The van der Waals surface area contributed by atoms with Crippen molar-refractivity contribution in [2.75, 3.05) is 16.9 Å². The predicted molar refractivity (Wildman–Crippen MR) is 150 cm³/mol. The fraction of sp³-hybridized carbons (Fsp3) is 0.346. The Morgan fingerprint density at radius 3 is 2.20 bits per heavy atom. The molecule has 0 bridgehead atoms. The van der Waals surface area contributed by atoms with Crippen molar-refractivity contribution in [2.45, 2.75) is 45.2 Å². The third kappa shape index (κ3) is 7.28. The molecule has 15 heteroatoms. The molecule has 7 nitrogen and oxygen atoms in total. The van der Waals surface area contributed by atoms with Gasteiger partial charge in [0.2, 0.25) is 5.91 Å². The van der Waals surface area contributed by atoms with Crippen LogP contribution in [0.15, 0.2) is 42.5 Å². The van der Waals surface area contributed by atoms with Gasteiger partial charge in [-0.15, -0.1) is 0 Å². The van der Waals surface area contributed by atoms with E-state index in [-0.39, 0.29) is 38.9 Å². The van der Waals surface area contributed by atoms with Crippen molar-refractivity contribution in [3.8, 4) is 0 Å². The largest absolute Gasteiger partial charge is 0.435 e. The molecule has 3 aromatic rings. The fourth-order valence-corrected chi connectivity index (χ4v) is 6.33. The molecule has 1 heterocycles. The van der Waals surface area contributed by atoms with Crippen LogP contribution >= 0.6 is 22.6 Å². The van der Waals surface area contributed by atoms with Gasteiger partial charge in [0.1, 0.15) is 5.69 Å². The zero-order valence-corrected chi connectivity index (χ0v) is 25.1. The number of amides is 2. The second-order valence-corrected chi connectivity index (χ2v) is 12.5. The van der Waals surface area contributed by atoms with Crippen LogP contribution in [0.3, 0.4) is 0 Å². The molecular weight excluding hydrogens is 689 g/mol. The van der Waals surface area contributed by atoms with Crippen molar-refractivity contribution >= 4 is 50.9 Å². The van der Waals surface area contributed by atoms with E-state index in [0.717, 1.165) is 0 Å². The molecule has 3 rings (SSSR count). The van der Waals surface area contributed by atoms with Crippen LogP contribution in [0.5, 0.6) is 0 Å². The van der Waals surface area contributed by atoms with E-state index in [1.807, 2.05) is 22.6 Å². The van der Waals surface area contributed by atoms with Gasteiger partial charge < -0.3 is 10.6 Å². The number of benzene rings is 2. The zero-order valence-electron chi connectivity index (χ0n) is 22.2. The maximum Gasteiger partial charge on any atom is 0.435 e. The summed E-state index contributed by atoms with van der Waals surface area (Å²) in [6, 6.07) is 8.74. The Labute approximate surface area is 247 Å². The highest BCUT2D eigenvalue weighted by Crippen LogP contribution is 2.36. The smallest absolute Gasteiger partial charge is 0.366 e. The van der Waals surface area contributed by atoms with Gasteiger partial charge in [0.25, 0.3) is 5.91 Å². The van der Waals surface area contributed by atoms with Gasteiger partial charge in [-0.05, 0) is 72.7 Å². The van der Waals surface area contributed by atoms with Gasteiger partial charge in [-0.1, -0.05) is 18.2 Å². The molecule has 0 saturated heterocycles. The van der Waals surface area contributed by atoms with Gasteiger partial charge in [0.15, 0.2) is 5.69 Å². The lowest BCUT2D eigenvalue weighted by Gasteiger charge is -2.39. The van der Waals surface area contributed by atoms with Crippen molar-refractivity contribution in [3.05, 3.63) is 79.7 Å². The normalized spacial score (nSPS) is 13.2. The van der Waals surface area contributed by atoms with E-state index in [1.54, 1.807) is 32.9 Å². The molecule has 1 aromatic heterocycles. The number of alkyl halides is 6. The van der Waals surface area contributed by atoms with Crippen LogP contribution in [0, 0.1) is 10.5 Å². The number of rotatable bonds is 8. The summed E-state index contributed by atoms with van der Waals surface area (Å²) >= 11 is 1.89. The molecule has 0 aliphatic heterocycles. The lowest BCUT2D eigenvalue weighted by atomic mass is 9.97. The number of carbonyl (C=O) groups is 2. The minimum absolute atomic E-state index is 0.0186. The Balaban J connectivity index is 2.14. The first-order valence-electron chi connectivity index (χ1n) is 11.8. The summed E-state index contributed by atoms with van der Waals surface area (Å²) in [6.45, 7) is 4.26. The number of hydrogen-bond acceptors (Lipinski definition) is 4. The molecule has 2 N–H and O–H groups in total. The van der Waals surface area contributed by atoms with E-state index < -0.39 is 58.4 Å². The second kappa shape index (κ2) is 11.7. The minimum Gasteiger partial charge on any atom is -0.366 e. The molecule has 1 unspecified atom stereocenters. The zero-order chi connectivity index (χ0) is 31.1. The molecule has 41 heavy (non-hydrogen) atoms. The van der Waals surface area contributed by atoms with Gasteiger partial charge in [-0.3, -0.25) is 18.5 Å². The number of primary amides is 1. The first-order chi connectivity index (χ1) is 18.7. The first kappa shape index (κ1) is 32.6. The molecule has 222 valence electrons. The Hall–Kier alpha value is -2.95. The molecule has 1 atom stereocenters. The van der Waals surface area contributed by atoms with Crippen LogP contribution in [0.4, 0.5) is 32.0 Å². The molecule has 0 aliphatic carbocycles. The summed E-state index contributed by atoms with van der Waals surface area (Å²) in [4.78, 5) is 27.6. The molecule has 2 aromatic carbocycles. The molecule has 2 amide bonds. The van der Waals surface area contributed by atoms with Gasteiger partial charge in [0, 0.05) is 38.1 Å². The first-order valence-corrected chi connectivity index (χ1v) is 14.6. The van der Waals surface area contributed by atoms with Crippen LogP contribution in [-0.4, -0.2) is 43.4 Å². The maximum absolute atomic E-state index is 14.1. The summed E-state index contributed by atoms with van der Waals surface area (Å²) < 4.78 is 92.7. The highest BCUT2D eigenvalue weighted by Gasteiger charge is 2.42. The number of aryl methyl sites for hydroxylation is 1. The molecule has 0 saturated carbocycles. The monoisotopic (exact) mass is 714 g/mol. The van der Waals surface area contributed by atoms with Gasteiger partial charge in [-0.25, -0.2) is 0 Å². The van der Waals surface area contributed by atoms with Crippen molar-refractivity contribution in [2.24, 2.45) is 5.73 Å². The highest BCUT2D eigenvalue weighted by molar-refractivity contribution is 14.1. The average Bonchev–Trinajstić information content (AvgIpc) is 3.24. The molecular formula is C26H25F6IN4O3S. The van der Waals surface area contributed by atoms with Crippen LogP contribution < -0.4 is 10.6 Å². The lowest BCUT2D eigenvalue weighted by molar-refractivity contribution is -0.144. The Kier molecular flexibility index (Phi) is 9.32. The van der Waals surface area contributed by atoms with E-state index in [2.05, 4.69) is 5.10 Å². The summed E-state index contributed by atoms with van der Waals surface area (Å²) in [5.74, 6) is -1.44. The summed E-state index contributed by atoms with van der Waals surface area (Å²) in [5, 5.41) is 3.13. The highest BCUT2D eigenvalue weighted by atomic mass is 127. The van der Waals surface area contributed by atoms with E-state index in [1.165, 1.54) is 35.4 Å². The van der Waals surface area contributed by atoms with Crippen LogP contribution in [0.25, 0.3) is 0 Å². The van der Waals surface area contributed by atoms with Crippen LogP contribution in [-0.2, 0) is 29.7 Å². The standard InChI is InChI=1S/C26H25F6IN4O3S/c1-14-10-15(12-36-20(26(30,31)32)11-19(35-36)25(27,28)29)8-9-18(14)37(24(2,3)13-41(4)40)23(39)21-16(22(34)38)6-5-7-17(21)33/h5-11H,12-13H2,1-4H3,(H2,34,38). The molecule has 0 spiro atoms. The van der Waals surface area contributed by atoms with Crippen LogP contribution in [0.2, 0.25) is 0 Å². The molecule has 0 aliphatic rings. The number of aromatic nitrogens is 2. The van der Waals surface area contributed by atoms with E-state index >= 15 is 0 Å². The van der Waals surface area contributed by atoms with Gasteiger partial charge in [-0.2, -0.15) is 31.4 Å². The quantitative estimate of drug-likeness (QED) is 0.236. The van der Waals surface area contributed by atoms with E-state index in [4.69, 9.17) is 5.73 Å². The van der Waals surface area contributed by atoms with Crippen molar-refractivity contribution < 1.29 is 40.1 Å². The lowest BCUT2D eigenvalue weighted by Crippen LogP contribution is -2.52.